The molecule has 0 spiro atoms. The summed E-state index contributed by atoms with van der Waals surface area (Å²) in [5.74, 6) is -2.01. The van der Waals surface area contributed by atoms with Crippen molar-refractivity contribution >= 4 is 28.8 Å². The molecule has 2 unspecified atom stereocenters. The van der Waals surface area contributed by atoms with Crippen molar-refractivity contribution in [2.24, 2.45) is 11.8 Å². The summed E-state index contributed by atoms with van der Waals surface area (Å²) in [4.78, 5) is 28.1. The molecule has 1 saturated heterocycles. The van der Waals surface area contributed by atoms with Crippen LogP contribution in [0.25, 0.3) is 10.4 Å². The van der Waals surface area contributed by atoms with Crippen molar-refractivity contribution in [2.45, 2.75) is 64.8 Å². The van der Waals surface area contributed by atoms with E-state index < -0.39 is 58.6 Å². The molecule has 2 N–H and O–H groups in total. The fourth-order valence-corrected chi connectivity index (χ4v) is 7.33. The number of aryl methyl sites for hydroxylation is 1. The van der Waals surface area contributed by atoms with Gasteiger partial charge in [-0.1, -0.05) is 13.0 Å². The molecule has 2 heterocycles. The molecule has 6 nitrogen and oxygen atoms in total. The zero-order valence-corrected chi connectivity index (χ0v) is 27.4. The minimum absolute atomic E-state index is 0.00108. The number of nitrogens with zero attached hydrogens (tertiary/aromatic N) is 2. The number of nitriles is 1. The Morgan fingerprint density at radius 3 is 2.17 bits per heavy atom. The maximum atomic E-state index is 14.0. The molecule has 0 radical (unpaired) electrons. The Hall–Kier alpha value is -3.96. The van der Waals surface area contributed by atoms with E-state index in [0.717, 1.165) is 0 Å². The van der Waals surface area contributed by atoms with Gasteiger partial charge in [-0.3, -0.25) is 14.5 Å². The average molecular weight is 698 g/mol. The Morgan fingerprint density at radius 1 is 1.04 bits per heavy atom. The first-order valence-corrected chi connectivity index (χ1v) is 15.9. The number of carboxylic acids is 1. The first-order valence-electron chi connectivity index (χ1n) is 15.1. The third-order valence-electron chi connectivity index (χ3n) is 8.93. The Labute approximate surface area is 277 Å². The maximum Gasteiger partial charge on any atom is 0.416 e. The lowest BCUT2D eigenvalue weighted by molar-refractivity contribution is -0.143. The zero-order valence-electron chi connectivity index (χ0n) is 26.6. The van der Waals surface area contributed by atoms with Gasteiger partial charge < -0.3 is 10.4 Å². The summed E-state index contributed by atoms with van der Waals surface area (Å²) in [6, 6.07) is 7.31. The topological polar surface area (TPSA) is 93.4 Å². The molecule has 48 heavy (non-hydrogen) atoms. The van der Waals surface area contributed by atoms with Crippen LogP contribution in [0.3, 0.4) is 0 Å². The van der Waals surface area contributed by atoms with Crippen molar-refractivity contribution in [3.8, 4) is 16.5 Å². The number of anilines is 1. The number of carboxylic acid groups (broad SMARTS) is 1. The standard InChI is InChI=1S/C34H34F7N3O3S/c1-18-9-24(35)5-6-25(18)31-30(26(14-42)27(48-31)17-44-8-7-20(10-29(46)47)19(2)16-44)43-15-28(45)32(3,4)21-11-22(33(36,37)38)13-23(12-21)34(39,40)41/h5-6,9,11-13,19-20,43H,7-8,10,15-17H2,1-4H3,(H,46,47). The van der Waals surface area contributed by atoms with Gasteiger partial charge in [-0.05, 0) is 92.6 Å². The number of nitrogens with one attached hydrogen (secondary N) is 1. The first-order chi connectivity index (χ1) is 22.2. The number of carbonyl (C=O) groups excluding carboxylic acids is 1. The van der Waals surface area contributed by atoms with E-state index in [-0.39, 0.29) is 35.6 Å². The van der Waals surface area contributed by atoms with E-state index >= 15 is 0 Å². The molecular formula is C34H34F7N3O3S. The minimum atomic E-state index is -5.09. The summed E-state index contributed by atoms with van der Waals surface area (Å²) < 4.78 is 95.4. The van der Waals surface area contributed by atoms with Crippen molar-refractivity contribution < 1.29 is 45.4 Å². The number of piperidine rings is 1. The number of benzene rings is 2. The largest absolute Gasteiger partial charge is 0.481 e. The molecule has 3 aromatic rings. The van der Waals surface area contributed by atoms with Crippen molar-refractivity contribution in [3.05, 3.63) is 74.9 Å². The van der Waals surface area contributed by atoms with Crippen LogP contribution in [-0.2, 0) is 33.9 Å². The predicted octanol–water partition coefficient (Wildman–Crippen LogP) is 8.66. The molecule has 1 fully saturated rings. The molecule has 1 aromatic heterocycles. The van der Waals surface area contributed by atoms with Crippen LogP contribution in [0, 0.1) is 35.9 Å². The lowest BCUT2D eigenvalue weighted by atomic mass is 9.79. The number of rotatable bonds is 10. The zero-order chi connectivity index (χ0) is 35.8. The summed E-state index contributed by atoms with van der Waals surface area (Å²) >= 11 is 1.25. The highest BCUT2D eigenvalue weighted by atomic mass is 32.1. The fraction of sp³-hybridized carbons (Fsp3) is 0.441. The summed E-state index contributed by atoms with van der Waals surface area (Å²) in [5, 5.41) is 22.5. The van der Waals surface area contributed by atoms with E-state index in [2.05, 4.69) is 16.3 Å². The van der Waals surface area contributed by atoms with E-state index in [1.54, 1.807) is 6.92 Å². The van der Waals surface area contributed by atoms with Crippen LogP contribution in [0.1, 0.15) is 66.3 Å². The summed E-state index contributed by atoms with van der Waals surface area (Å²) in [6.07, 6.45) is -9.48. The molecule has 0 amide bonds. The first kappa shape index (κ1) is 36.9. The van der Waals surface area contributed by atoms with Gasteiger partial charge in [0.2, 0.25) is 0 Å². The predicted molar refractivity (Wildman–Crippen MR) is 167 cm³/mol. The number of likely N-dealkylation sites (tertiary alicyclic amines) is 1. The van der Waals surface area contributed by atoms with Crippen LogP contribution in [0.15, 0.2) is 36.4 Å². The summed E-state index contributed by atoms with van der Waals surface area (Å²) in [6.45, 7) is 7.06. The Kier molecular flexibility index (Phi) is 10.7. The smallest absolute Gasteiger partial charge is 0.416 e. The molecule has 0 aliphatic carbocycles. The van der Waals surface area contributed by atoms with Crippen molar-refractivity contribution in [1.82, 2.24) is 4.90 Å². The second-order valence-corrected chi connectivity index (χ2v) is 13.8. The highest BCUT2D eigenvalue weighted by Crippen LogP contribution is 2.44. The van der Waals surface area contributed by atoms with Gasteiger partial charge in [0.15, 0.2) is 5.78 Å². The molecule has 1 aliphatic heterocycles. The third-order valence-corrected chi connectivity index (χ3v) is 10.1. The Morgan fingerprint density at radius 2 is 1.65 bits per heavy atom. The number of hydrogen-bond donors (Lipinski definition) is 2. The second-order valence-electron chi connectivity index (χ2n) is 12.7. The van der Waals surface area contributed by atoms with Crippen molar-refractivity contribution in [2.75, 3.05) is 25.0 Å². The van der Waals surface area contributed by atoms with Crippen LogP contribution >= 0.6 is 11.3 Å². The maximum absolute atomic E-state index is 14.0. The van der Waals surface area contributed by atoms with Crippen LogP contribution in [0.2, 0.25) is 0 Å². The van der Waals surface area contributed by atoms with Crippen LogP contribution in [-0.4, -0.2) is 41.4 Å². The van der Waals surface area contributed by atoms with Gasteiger partial charge in [-0.15, -0.1) is 11.3 Å². The number of Topliss-reactive ketones (excluding diaryl/α,β-unsaturated/α-hetero) is 1. The molecule has 0 bridgehead atoms. The number of aliphatic carboxylic acids is 1. The number of ketones is 1. The number of alkyl halides is 6. The number of carbonyl (C=O) groups is 2. The van der Waals surface area contributed by atoms with Gasteiger partial charge in [0.25, 0.3) is 0 Å². The van der Waals surface area contributed by atoms with Crippen LogP contribution < -0.4 is 5.32 Å². The molecule has 0 saturated carbocycles. The SMILES string of the molecule is Cc1cc(F)ccc1-c1sc(CN2CCC(CC(=O)O)C(C)C2)c(C#N)c1NCC(=O)C(C)(C)c1cc(C(F)(F)F)cc(C(F)(F)F)c1. The van der Waals surface area contributed by atoms with Gasteiger partial charge in [0, 0.05) is 24.4 Å². The van der Waals surface area contributed by atoms with Gasteiger partial charge in [0.05, 0.1) is 39.2 Å². The number of halogens is 7. The molecule has 2 atom stereocenters. The fourth-order valence-electron chi connectivity index (χ4n) is 5.97. The molecule has 2 aromatic carbocycles. The van der Waals surface area contributed by atoms with E-state index in [1.807, 2.05) is 6.92 Å². The van der Waals surface area contributed by atoms with Crippen molar-refractivity contribution in [3.63, 3.8) is 0 Å². The van der Waals surface area contributed by atoms with E-state index in [1.165, 1.54) is 43.4 Å². The Bertz CT molecular complexity index is 1710. The lowest BCUT2D eigenvalue weighted by Gasteiger charge is -2.36. The van der Waals surface area contributed by atoms with Gasteiger partial charge in [-0.2, -0.15) is 31.6 Å². The quantitative estimate of drug-likeness (QED) is 0.206. The second kappa shape index (κ2) is 13.9. The van der Waals surface area contributed by atoms with E-state index in [0.29, 0.717) is 59.1 Å². The molecular weight excluding hydrogens is 663 g/mol. The molecule has 258 valence electrons. The summed E-state index contributed by atoms with van der Waals surface area (Å²) in [5.41, 5.74) is -3.81. The lowest BCUT2D eigenvalue weighted by Crippen LogP contribution is -2.39. The van der Waals surface area contributed by atoms with Gasteiger partial charge in [0.1, 0.15) is 11.9 Å². The molecule has 4 rings (SSSR count). The highest BCUT2D eigenvalue weighted by Gasteiger charge is 2.40. The average Bonchev–Trinajstić information content (AvgIpc) is 3.32. The normalized spacial score (nSPS) is 17.6. The van der Waals surface area contributed by atoms with Gasteiger partial charge >= 0.3 is 18.3 Å². The number of hydrogen-bond acceptors (Lipinski definition) is 6. The highest BCUT2D eigenvalue weighted by molar-refractivity contribution is 7.16. The Balaban J connectivity index is 1.68. The number of thiophene rings is 1. The monoisotopic (exact) mass is 697 g/mol. The third kappa shape index (κ3) is 8.18. The van der Waals surface area contributed by atoms with Gasteiger partial charge in [-0.25, -0.2) is 4.39 Å². The van der Waals surface area contributed by atoms with Crippen molar-refractivity contribution in [1.29, 1.82) is 5.26 Å². The van der Waals surface area contributed by atoms with Crippen LogP contribution in [0.4, 0.5) is 36.4 Å². The minimum Gasteiger partial charge on any atom is -0.481 e. The van der Waals surface area contributed by atoms with E-state index in [9.17, 15) is 50.7 Å². The summed E-state index contributed by atoms with van der Waals surface area (Å²) in [7, 11) is 0. The van der Waals surface area contributed by atoms with E-state index in [4.69, 9.17) is 0 Å². The van der Waals surface area contributed by atoms with Crippen LogP contribution in [0.5, 0.6) is 0 Å². The molecule has 14 heteroatoms. The molecule has 1 aliphatic rings.